The minimum Gasteiger partial charge on any atom is -0.497 e. The number of nitrogens with zero attached hydrogens (tertiary/aromatic N) is 4. The predicted octanol–water partition coefficient (Wildman–Crippen LogP) is 3.97. The Hall–Kier alpha value is -2.86. The summed E-state index contributed by atoms with van der Waals surface area (Å²) in [7, 11) is 5.76. The number of carbonyl (C=O) groups is 1. The summed E-state index contributed by atoms with van der Waals surface area (Å²) in [5.41, 5.74) is 2.37. The largest absolute Gasteiger partial charge is 0.497 e. The minimum atomic E-state index is 0.0761. The van der Waals surface area contributed by atoms with E-state index in [2.05, 4.69) is 39.1 Å². The van der Waals surface area contributed by atoms with Crippen molar-refractivity contribution in [3.8, 4) is 5.75 Å². The summed E-state index contributed by atoms with van der Waals surface area (Å²) in [6, 6.07) is 12.2. The molecular formula is C27H36N4O2. The van der Waals surface area contributed by atoms with Gasteiger partial charge >= 0.3 is 0 Å². The van der Waals surface area contributed by atoms with Gasteiger partial charge in [0.15, 0.2) is 0 Å². The molecule has 6 heteroatoms. The summed E-state index contributed by atoms with van der Waals surface area (Å²) in [6.07, 6.45) is 9.19. The zero-order valence-corrected chi connectivity index (χ0v) is 20.1. The zero-order chi connectivity index (χ0) is 23.2. The van der Waals surface area contributed by atoms with Crippen LogP contribution in [0.15, 0.2) is 54.7 Å². The molecule has 1 amide bonds. The van der Waals surface area contributed by atoms with Crippen LogP contribution in [0, 0.1) is 11.8 Å². The molecule has 33 heavy (non-hydrogen) atoms. The van der Waals surface area contributed by atoms with E-state index in [1.807, 2.05) is 49.5 Å². The number of aromatic nitrogens is 1. The van der Waals surface area contributed by atoms with E-state index >= 15 is 0 Å². The lowest BCUT2D eigenvalue weighted by Gasteiger charge is -2.37. The van der Waals surface area contributed by atoms with Gasteiger partial charge in [-0.3, -0.25) is 9.69 Å². The first-order valence-electron chi connectivity index (χ1n) is 12.0. The van der Waals surface area contributed by atoms with Crippen LogP contribution in [-0.4, -0.2) is 61.5 Å². The summed E-state index contributed by atoms with van der Waals surface area (Å²) in [5, 5.41) is 0. The number of methoxy groups -OCH3 is 1. The summed E-state index contributed by atoms with van der Waals surface area (Å²) >= 11 is 0. The van der Waals surface area contributed by atoms with Crippen LogP contribution in [0.4, 0.5) is 5.82 Å². The number of amides is 1. The molecule has 4 rings (SSSR count). The topological polar surface area (TPSA) is 48.9 Å². The summed E-state index contributed by atoms with van der Waals surface area (Å²) in [5.74, 6) is 2.68. The Kier molecular flexibility index (Phi) is 7.65. The monoisotopic (exact) mass is 448 g/mol. The molecule has 1 aromatic carbocycles. The molecule has 2 aliphatic rings. The fourth-order valence-corrected chi connectivity index (χ4v) is 5.11. The fourth-order valence-electron chi connectivity index (χ4n) is 5.11. The van der Waals surface area contributed by atoms with Gasteiger partial charge < -0.3 is 14.5 Å². The van der Waals surface area contributed by atoms with Crippen LogP contribution in [-0.2, 0) is 17.9 Å². The molecule has 2 aromatic rings. The van der Waals surface area contributed by atoms with Crippen molar-refractivity contribution in [2.24, 2.45) is 11.8 Å². The second-order valence-corrected chi connectivity index (χ2v) is 9.38. The zero-order valence-electron chi connectivity index (χ0n) is 20.1. The highest BCUT2D eigenvalue weighted by atomic mass is 16.5. The lowest BCUT2D eigenvalue weighted by molar-refractivity contribution is -0.137. The van der Waals surface area contributed by atoms with Crippen molar-refractivity contribution in [2.45, 2.75) is 32.4 Å². The second kappa shape index (κ2) is 10.8. The Morgan fingerprint density at radius 2 is 1.91 bits per heavy atom. The molecule has 0 radical (unpaired) electrons. The van der Waals surface area contributed by atoms with E-state index in [0.717, 1.165) is 56.0 Å². The maximum Gasteiger partial charge on any atom is 0.226 e. The number of pyridine rings is 1. The van der Waals surface area contributed by atoms with E-state index in [-0.39, 0.29) is 5.92 Å². The number of ether oxygens (including phenoxy) is 1. The molecule has 176 valence electrons. The first-order chi connectivity index (χ1) is 16.0. The average Bonchev–Trinajstić information content (AvgIpc) is 3.01. The second-order valence-electron chi connectivity index (χ2n) is 9.38. The number of anilines is 1. The quantitative estimate of drug-likeness (QED) is 0.600. The Balaban J connectivity index is 1.37. The van der Waals surface area contributed by atoms with Crippen molar-refractivity contribution in [3.05, 3.63) is 65.9 Å². The van der Waals surface area contributed by atoms with Crippen LogP contribution in [0.2, 0.25) is 0 Å². The van der Waals surface area contributed by atoms with Gasteiger partial charge in [-0.25, -0.2) is 4.98 Å². The molecule has 0 saturated carbocycles. The molecule has 3 heterocycles. The van der Waals surface area contributed by atoms with E-state index in [0.29, 0.717) is 24.9 Å². The number of benzene rings is 1. The molecule has 2 aliphatic heterocycles. The van der Waals surface area contributed by atoms with Gasteiger partial charge in [0.1, 0.15) is 11.6 Å². The smallest absolute Gasteiger partial charge is 0.226 e. The van der Waals surface area contributed by atoms with Gasteiger partial charge in [0.25, 0.3) is 0 Å². The molecule has 0 bridgehead atoms. The average molecular weight is 449 g/mol. The van der Waals surface area contributed by atoms with E-state index in [1.165, 1.54) is 5.56 Å². The molecule has 1 unspecified atom stereocenters. The van der Waals surface area contributed by atoms with Crippen LogP contribution in [0.1, 0.15) is 30.4 Å². The van der Waals surface area contributed by atoms with Crippen molar-refractivity contribution in [1.29, 1.82) is 0 Å². The normalized spacial score (nSPS) is 20.0. The van der Waals surface area contributed by atoms with Gasteiger partial charge in [0.05, 0.1) is 7.11 Å². The first-order valence-corrected chi connectivity index (χ1v) is 12.0. The maximum absolute atomic E-state index is 13.5. The molecule has 1 fully saturated rings. The number of likely N-dealkylation sites (tertiary alicyclic amines) is 1. The van der Waals surface area contributed by atoms with E-state index in [1.54, 1.807) is 7.11 Å². The molecule has 0 spiro atoms. The third kappa shape index (κ3) is 5.74. The fraction of sp³-hybridized carbons (Fsp3) is 0.481. The third-order valence-electron chi connectivity index (χ3n) is 6.91. The third-order valence-corrected chi connectivity index (χ3v) is 6.91. The van der Waals surface area contributed by atoms with Crippen LogP contribution in [0.5, 0.6) is 5.75 Å². The predicted molar refractivity (Wildman–Crippen MR) is 132 cm³/mol. The summed E-state index contributed by atoms with van der Waals surface area (Å²) in [6.45, 7) is 4.27. The SMILES string of the molecule is COc1cccc(CN2CC=CCC(C3CCN(Cc4cccnc4N(C)C)CC3)C2=O)c1. The van der Waals surface area contributed by atoms with Gasteiger partial charge in [0.2, 0.25) is 5.91 Å². The van der Waals surface area contributed by atoms with Crippen molar-refractivity contribution in [1.82, 2.24) is 14.8 Å². The minimum absolute atomic E-state index is 0.0761. The molecule has 6 nitrogen and oxygen atoms in total. The number of carbonyl (C=O) groups excluding carboxylic acids is 1. The van der Waals surface area contributed by atoms with Crippen molar-refractivity contribution in [2.75, 3.05) is 45.7 Å². The number of piperidine rings is 1. The van der Waals surface area contributed by atoms with E-state index < -0.39 is 0 Å². The highest BCUT2D eigenvalue weighted by molar-refractivity contribution is 5.80. The van der Waals surface area contributed by atoms with Gasteiger partial charge in [-0.2, -0.15) is 0 Å². The van der Waals surface area contributed by atoms with Gasteiger partial charge in [-0.05, 0) is 62.0 Å². The van der Waals surface area contributed by atoms with Crippen molar-refractivity contribution < 1.29 is 9.53 Å². The van der Waals surface area contributed by atoms with Gasteiger partial charge in [0, 0.05) is 51.4 Å². The molecule has 0 N–H and O–H groups in total. The van der Waals surface area contributed by atoms with Crippen LogP contribution in [0.3, 0.4) is 0 Å². The maximum atomic E-state index is 13.5. The van der Waals surface area contributed by atoms with Gasteiger partial charge in [-0.1, -0.05) is 30.4 Å². The van der Waals surface area contributed by atoms with Crippen molar-refractivity contribution in [3.63, 3.8) is 0 Å². The van der Waals surface area contributed by atoms with Crippen LogP contribution in [0.25, 0.3) is 0 Å². The molecule has 1 aromatic heterocycles. The molecule has 1 saturated heterocycles. The standard InChI is InChI=1S/C27H36N4O2/c1-29(2)26-23(9-7-14-28-26)20-30-16-12-22(13-17-30)25-11-4-5-15-31(27(25)32)19-21-8-6-10-24(18-21)33-3/h4-10,14,18,22,25H,11-13,15-17,19-20H2,1-3H3. The molecular weight excluding hydrogens is 412 g/mol. The Morgan fingerprint density at radius 3 is 2.67 bits per heavy atom. The molecule has 0 aliphatic carbocycles. The van der Waals surface area contributed by atoms with Gasteiger partial charge in [-0.15, -0.1) is 0 Å². The Bertz CT molecular complexity index is 966. The number of allylic oxidation sites excluding steroid dienone is 1. The van der Waals surface area contributed by atoms with E-state index in [9.17, 15) is 4.79 Å². The number of rotatable bonds is 7. The summed E-state index contributed by atoms with van der Waals surface area (Å²) < 4.78 is 5.36. The highest BCUT2D eigenvalue weighted by Gasteiger charge is 2.34. The lowest BCUT2D eigenvalue weighted by atomic mass is 9.81. The highest BCUT2D eigenvalue weighted by Crippen LogP contribution is 2.32. The Labute approximate surface area is 197 Å². The lowest BCUT2D eigenvalue weighted by Crippen LogP contribution is -2.42. The van der Waals surface area contributed by atoms with Crippen LogP contribution >= 0.6 is 0 Å². The first kappa shape index (κ1) is 23.3. The number of hydrogen-bond acceptors (Lipinski definition) is 5. The van der Waals surface area contributed by atoms with Crippen molar-refractivity contribution >= 4 is 11.7 Å². The van der Waals surface area contributed by atoms with Crippen LogP contribution < -0.4 is 9.64 Å². The number of hydrogen-bond donors (Lipinski definition) is 0. The Morgan fingerprint density at radius 1 is 1.09 bits per heavy atom. The summed E-state index contributed by atoms with van der Waals surface area (Å²) in [4.78, 5) is 24.7. The van der Waals surface area contributed by atoms with E-state index in [4.69, 9.17) is 4.74 Å². The molecule has 1 atom stereocenters.